The monoisotopic (exact) mass is 330 g/mol. The van der Waals surface area contributed by atoms with Gasteiger partial charge in [-0.15, -0.1) is 0 Å². The lowest BCUT2D eigenvalue weighted by Crippen LogP contribution is -2.40. The van der Waals surface area contributed by atoms with Gasteiger partial charge in [0.1, 0.15) is 6.61 Å². The highest BCUT2D eigenvalue weighted by Gasteiger charge is 2.27. The van der Waals surface area contributed by atoms with Crippen LogP contribution in [0.3, 0.4) is 0 Å². The highest BCUT2D eigenvalue weighted by molar-refractivity contribution is 5.74. The minimum absolute atomic E-state index is 0.0879. The summed E-state index contributed by atoms with van der Waals surface area (Å²) in [6, 6.07) is 7.01. The van der Waals surface area contributed by atoms with Gasteiger partial charge < -0.3 is 15.4 Å². The number of carbonyl (C=O) groups is 1. The number of hydrogen-bond acceptors (Lipinski definition) is 2. The van der Waals surface area contributed by atoms with Gasteiger partial charge in [0.25, 0.3) is 0 Å². The van der Waals surface area contributed by atoms with Crippen molar-refractivity contribution in [3.05, 3.63) is 35.4 Å². The zero-order valence-corrected chi connectivity index (χ0v) is 12.8. The molecule has 0 spiro atoms. The molecule has 2 amide bonds. The highest BCUT2D eigenvalue weighted by atomic mass is 19.4. The van der Waals surface area contributed by atoms with Crippen LogP contribution >= 0.6 is 0 Å². The lowest BCUT2D eigenvalue weighted by molar-refractivity contribution is -0.176. The van der Waals surface area contributed by atoms with Crippen LogP contribution in [0.15, 0.2) is 24.3 Å². The fraction of sp³-hybridized carbons (Fsp3) is 0.562. The van der Waals surface area contributed by atoms with Gasteiger partial charge in [-0.3, -0.25) is 0 Å². The number of alkyl halides is 3. The Bertz CT molecular complexity index is 497. The molecule has 1 aliphatic carbocycles. The quantitative estimate of drug-likeness (QED) is 0.839. The maximum Gasteiger partial charge on any atom is 0.411 e. The second-order valence-electron chi connectivity index (χ2n) is 5.73. The van der Waals surface area contributed by atoms with Crippen LogP contribution in [0.5, 0.6) is 0 Å². The summed E-state index contributed by atoms with van der Waals surface area (Å²) in [5, 5.41) is 5.70. The minimum Gasteiger partial charge on any atom is -0.367 e. The summed E-state index contributed by atoms with van der Waals surface area (Å²) in [4.78, 5) is 11.7. The Labute approximate surface area is 133 Å². The molecule has 1 fully saturated rings. The fourth-order valence-electron chi connectivity index (χ4n) is 2.53. The van der Waals surface area contributed by atoms with Crippen LogP contribution in [-0.4, -0.2) is 24.9 Å². The lowest BCUT2D eigenvalue weighted by atomic mass is 10.1. The molecular weight excluding hydrogens is 309 g/mol. The van der Waals surface area contributed by atoms with E-state index >= 15 is 0 Å². The molecule has 0 heterocycles. The Kier molecular flexibility index (Phi) is 6.27. The normalized spacial score (nSPS) is 15.6. The number of halogens is 3. The third-order valence-corrected chi connectivity index (χ3v) is 3.70. The van der Waals surface area contributed by atoms with Crippen molar-refractivity contribution in [2.75, 3.05) is 6.61 Å². The van der Waals surface area contributed by atoms with Gasteiger partial charge in [-0.05, 0) is 24.0 Å². The Balaban J connectivity index is 1.68. The van der Waals surface area contributed by atoms with Gasteiger partial charge in [0.05, 0.1) is 6.61 Å². The molecule has 0 radical (unpaired) electrons. The zero-order chi connectivity index (χ0) is 16.7. The summed E-state index contributed by atoms with van der Waals surface area (Å²) >= 11 is 0. The van der Waals surface area contributed by atoms with Crippen molar-refractivity contribution in [2.45, 2.75) is 51.1 Å². The molecule has 0 unspecified atom stereocenters. The Morgan fingerprint density at radius 2 is 1.74 bits per heavy atom. The van der Waals surface area contributed by atoms with Gasteiger partial charge in [-0.25, -0.2) is 4.79 Å². The van der Waals surface area contributed by atoms with Crippen LogP contribution in [0.25, 0.3) is 0 Å². The van der Waals surface area contributed by atoms with Crippen molar-refractivity contribution < 1.29 is 22.7 Å². The number of hydrogen-bond donors (Lipinski definition) is 2. The van der Waals surface area contributed by atoms with E-state index in [9.17, 15) is 18.0 Å². The third kappa shape index (κ3) is 6.90. The molecule has 1 aromatic rings. The standard InChI is InChI=1S/C16H21F3N2O2/c17-16(18,19)11-23-10-13-7-5-12(6-8-13)9-20-15(22)21-14-3-1-2-4-14/h5-8,14H,1-4,9-11H2,(H2,20,21,22). The molecule has 0 aromatic heterocycles. The van der Waals surface area contributed by atoms with E-state index in [4.69, 9.17) is 0 Å². The van der Waals surface area contributed by atoms with E-state index in [1.54, 1.807) is 24.3 Å². The minimum atomic E-state index is -4.31. The molecule has 7 heteroatoms. The average Bonchev–Trinajstić information content (AvgIpc) is 2.98. The van der Waals surface area contributed by atoms with Gasteiger partial charge >= 0.3 is 12.2 Å². The van der Waals surface area contributed by atoms with Crippen LogP contribution in [0.1, 0.15) is 36.8 Å². The number of ether oxygens (including phenoxy) is 1. The topological polar surface area (TPSA) is 50.4 Å². The van der Waals surface area contributed by atoms with E-state index in [-0.39, 0.29) is 18.7 Å². The number of urea groups is 1. The lowest BCUT2D eigenvalue weighted by Gasteiger charge is -2.13. The van der Waals surface area contributed by atoms with E-state index in [1.807, 2.05) is 0 Å². The first-order chi connectivity index (χ1) is 10.9. The zero-order valence-electron chi connectivity index (χ0n) is 12.8. The summed E-state index contributed by atoms with van der Waals surface area (Å²) in [5.41, 5.74) is 1.54. The number of nitrogens with one attached hydrogen (secondary N) is 2. The molecule has 23 heavy (non-hydrogen) atoms. The van der Waals surface area contributed by atoms with Gasteiger partial charge in [0, 0.05) is 12.6 Å². The fourth-order valence-corrected chi connectivity index (χ4v) is 2.53. The summed E-state index contributed by atoms with van der Waals surface area (Å²) in [6.07, 6.45) is 0.0578. The van der Waals surface area contributed by atoms with Crippen LogP contribution in [0, 0.1) is 0 Å². The number of benzene rings is 1. The molecular formula is C16H21F3N2O2. The van der Waals surface area contributed by atoms with Gasteiger partial charge in [0.2, 0.25) is 0 Å². The van der Waals surface area contributed by atoms with Crippen LogP contribution in [-0.2, 0) is 17.9 Å². The van der Waals surface area contributed by atoms with Gasteiger partial charge in [0.15, 0.2) is 0 Å². The molecule has 1 aliphatic rings. The summed E-state index contributed by atoms with van der Waals surface area (Å²) in [5.74, 6) is 0. The molecule has 0 saturated heterocycles. The molecule has 4 nitrogen and oxygen atoms in total. The predicted molar refractivity (Wildman–Crippen MR) is 79.8 cm³/mol. The average molecular weight is 330 g/mol. The first kappa shape index (κ1) is 17.6. The predicted octanol–water partition coefficient (Wildman–Crippen LogP) is 3.51. The molecule has 0 aliphatic heterocycles. The van der Waals surface area contributed by atoms with Crippen molar-refractivity contribution in [3.63, 3.8) is 0 Å². The highest BCUT2D eigenvalue weighted by Crippen LogP contribution is 2.17. The molecule has 0 atom stereocenters. The summed E-state index contributed by atoms with van der Waals surface area (Å²) < 4.78 is 40.5. The summed E-state index contributed by atoms with van der Waals surface area (Å²) in [6.45, 7) is -0.963. The van der Waals surface area contributed by atoms with E-state index in [0.717, 1.165) is 31.2 Å². The van der Waals surface area contributed by atoms with Crippen molar-refractivity contribution in [3.8, 4) is 0 Å². The van der Waals surface area contributed by atoms with E-state index < -0.39 is 12.8 Å². The molecule has 0 bridgehead atoms. The number of carbonyl (C=O) groups excluding carboxylic acids is 1. The smallest absolute Gasteiger partial charge is 0.367 e. The van der Waals surface area contributed by atoms with Crippen LogP contribution in [0.2, 0.25) is 0 Å². The van der Waals surface area contributed by atoms with E-state index in [1.165, 1.54) is 0 Å². The Morgan fingerprint density at radius 3 is 2.35 bits per heavy atom. The maximum absolute atomic E-state index is 12.0. The van der Waals surface area contributed by atoms with Crippen LogP contribution in [0.4, 0.5) is 18.0 Å². The molecule has 2 N–H and O–H groups in total. The Morgan fingerprint density at radius 1 is 1.13 bits per heavy atom. The second kappa shape index (κ2) is 8.19. The molecule has 2 rings (SSSR count). The SMILES string of the molecule is O=C(NCc1ccc(COCC(F)(F)F)cc1)NC1CCCC1. The van der Waals surface area contributed by atoms with E-state index in [0.29, 0.717) is 12.1 Å². The molecule has 1 aromatic carbocycles. The van der Waals surface area contributed by atoms with Crippen molar-refractivity contribution in [2.24, 2.45) is 0 Å². The number of rotatable bonds is 6. The van der Waals surface area contributed by atoms with Crippen molar-refractivity contribution in [1.82, 2.24) is 10.6 Å². The molecule has 128 valence electrons. The number of amides is 2. The van der Waals surface area contributed by atoms with Crippen LogP contribution < -0.4 is 10.6 Å². The molecule has 1 saturated carbocycles. The third-order valence-electron chi connectivity index (χ3n) is 3.70. The largest absolute Gasteiger partial charge is 0.411 e. The second-order valence-corrected chi connectivity index (χ2v) is 5.73. The maximum atomic E-state index is 12.0. The Hall–Kier alpha value is -1.76. The van der Waals surface area contributed by atoms with Crippen molar-refractivity contribution in [1.29, 1.82) is 0 Å². The first-order valence-electron chi connectivity index (χ1n) is 7.69. The van der Waals surface area contributed by atoms with Gasteiger partial charge in [-0.1, -0.05) is 37.1 Å². The van der Waals surface area contributed by atoms with Gasteiger partial charge in [-0.2, -0.15) is 13.2 Å². The summed E-state index contributed by atoms with van der Waals surface area (Å²) in [7, 11) is 0. The first-order valence-corrected chi connectivity index (χ1v) is 7.69. The van der Waals surface area contributed by atoms with E-state index in [2.05, 4.69) is 15.4 Å². The van der Waals surface area contributed by atoms with Crippen molar-refractivity contribution >= 4 is 6.03 Å².